The summed E-state index contributed by atoms with van der Waals surface area (Å²) in [4.78, 5) is 4.57. The summed E-state index contributed by atoms with van der Waals surface area (Å²) in [5.74, 6) is 0.546. The summed E-state index contributed by atoms with van der Waals surface area (Å²) in [5.41, 5.74) is 8.64. The Hall–Kier alpha value is -3.00. The van der Waals surface area contributed by atoms with E-state index in [9.17, 15) is 1.37 Å². The van der Waals surface area contributed by atoms with Crippen LogP contribution >= 0.6 is 0 Å². The van der Waals surface area contributed by atoms with Crippen molar-refractivity contribution < 1.29 is 1.37 Å². The molecule has 3 aliphatic rings. The second kappa shape index (κ2) is 7.02. The number of benzene rings is 3. The number of hydrogen-bond acceptors (Lipinski definition) is 2. The van der Waals surface area contributed by atoms with Crippen molar-refractivity contribution in [2.24, 2.45) is 5.92 Å². The lowest BCUT2D eigenvalue weighted by Crippen LogP contribution is -2.37. The molecule has 3 aromatic carbocycles. The molecule has 1 fully saturated rings. The van der Waals surface area contributed by atoms with Crippen LogP contribution in [-0.4, -0.2) is 6.64 Å². The minimum Gasteiger partial charge on any atom is -0.325 e. The molecule has 0 saturated heterocycles. The van der Waals surface area contributed by atoms with Gasteiger partial charge in [0, 0.05) is 17.1 Å². The lowest BCUT2D eigenvalue weighted by atomic mass is 9.64. The third-order valence-electron chi connectivity index (χ3n) is 7.71. The molecule has 2 unspecified atom stereocenters. The van der Waals surface area contributed by atoms with E-state index in [0.29, 0.717) is 5.92 Å². The first-order chi connectivity index (χ1) is 15.7. The lowest BCUT2D eigenvalue weighted by molar-refractivity contribution is 0.381. The smallest absolute Gasteiger partial charge is 0.0995 e. The van der Waals surface area contributed by atoms with Crippen molar-refractivity contribution in [3.63, 3.8) is 0 Å². The fraction of sp³-hybridized carbons (Fsp3) is 0.310. The molecule has 2 atom stereocenters. The van der Waals surface area contributed by atoms with Crippen LogP contribution in [0, 0.1) is 12.8 Å². The first-order valence-electron chi connectivity index (χ1n) is 12.2. The van der Waals surface area contributed by atoms with Crippen molar-refractivity contribution in [1.82, 2.24) is 0 Å². The van der Waals surface area contributed by atoms with E-state index in [1.807, 2.05) is 0 Å². The van der Waals surface area contributed by atoms with E-state index in [1.165, 1.54) is 59.5 Å². The van der Waals surface area contributed by atoms with Gasteiger partial charge in [-0.15, -0.1) is 0 Å². The zero-order valence-corrected chi connectivity index (χ0v) is 18.4. The van der Waals surface area contributed by atoms with Crippen molar-refractivity contribution in [2.75, 3.05) is 16.4 Å². The van der Waals surface area contributed by atoms with E-state index in [2.05, 4.69) is 103 Å². The number of para-hydroxylation sites is 2. The van der Waals surface area contributed by atoms with Crippen LogP contribution in [0.5, 0.6) is 0 Å². The van der Waals surface area contributed by atoms with Crippen molar-refractivity contribution in [2.45, 2.75) is 44.9 Å². The number of nitrogens with zero attached hydrogens (tertiary/aromatic N) is 2. The Balaban J connectivity index is 1.68. The molecule has 2 aliphatic heterocycles. The molecule has 1 aliphatic carbocycles. The molecular formula is C29H30N2. The largest absolute Gasteiger partial charge is 0.325 e. The highest BCUT2D eigenvalue weighted by atomic mass is 15.4. The summed E-state index contributed by atoms with van der Waals surface area (Å²) in [6.45, 7) is 3.89. The van der Waals surface area contributed by atoms with Gasteiger partial charge in [0.2, 0.25) is 0 Å². The highest BCUT2D eigenvalue weighted by molar-refractivity contribution is 5.80. The third-order valence-corrected chi connectivity index (χ3v) is 7.71. The predicted molar refractivity (Wildman–Crippen MR) is 129 cm³/mol. The fourth-order valence-corrected chi connectivity index (χ4v) is 6.43. The topological polar surface area (TPSA) is 6.48 Å². The SMILES string of the molecule is [2H]C1N(c2ccccc2C)C(C)=C2N1c1ccccc1C2(c1ccccc1)C1CCCC1. The van der Waals surface area contributed by atoms with Crippen molar-refractivity contribution in [3.05, 3.63) is 107 Å². The first-order valence-corrected chi connectivity index (χ1v) is 11.6. The van der Waals surface area contributed by atoms with E-state index in [4.69, 9.17) is 0 Å². The molecular weight excluding hydrogens is 376 g/mol. The Labute approximate surface area is 187 Å². The van der Waals surface area contributed by atoms with Crippen LogP contribution in [0.15, 0.2) is 90.3 Å². The van der Waals surface area contributed by atoms with E-state index in [1.54, 1.807) is 0 Å². The van der Waals surface area contributed by atoms with E-state index >= 15 is 0 Å². The average molecular weight is 408 g/mol. The summed E-state index contributed by atoms with van der Waals surface area (Å²) in [5, 5.41) is 0. The van der Waals surface area contributed by atoms with Crippen LogP contribution in [0.4, 0.5) is 11.4 Å². The molecule has 2 nitrogen and oxygen atoms in total. The molecule has 156 valence electrons. The summed E-state index contributed by atoms with van der Waals surface area (Å²) in [7, 11) is 0. The van der Waals surface area contributed by atoms with Gasteiger partial charge in [-0.2, -0.15) is 0 Å². The van der Waals surface area contributed by atoms with Gasteiger partial charge in [-0.1, -0.05) is 79.6 Å². The number of allylic oxidation sites excluding steroid dienone is 2. The molecule has 6 rings (SSSR count). The Morgan fingerprint density at radius 1 is 0.774 bits per heavy atom. The second-order valence-electron chi connectivity index (χ2n) is 9.25. The van der Waals surface area contributed by atoms with E-state index in [0.717, 1.165) is 5.69 Å². The van der Waals surface area contributed by atoms with Gasteiger partial charge in [-0.05, 0) is 61.4 Å². The number of anilines is 2. The van der Waals surface area contributed by atoms with Crippen LogP contribution < -0.4 is 9.80 Å². The Bertz CT molecular complexity index is 1190. The van der Waals surface area contributed by atoms with Gasteiger partial charge in [-0.25, -0.2) is 0 Å². The van der Waals surface area contributed by atoms with Crippen LogP contribution in [0.25, 0.3) is 0 Å². The van der Waals surface area contributed by atoms with Gasteiger partial charge >= 0.3 is 0 Å². The minimum absolute atomic E-state index is 0.199. The van der Waals surface area contributed by atoms with E-state index in [-0.39, 0.29) is 5.41 Å². The van der Waals surface area contributed by atoms with Gasteiger partial charge in [0.15, 0.2) is 0 Å². The van der Waals surface area contributed by atoms with Crippen LogP contribution in [0.2, 0.25) is 0 Å². The van der Waals surface area contributed by atoms with Gasteiger partial charge in [0.05, 0.1) is 19.1 Å². The maximum atomic E-state index is 9.43. The standard InChI is InChI=1S/C29H30N2/c1-21-12-6-10-18-26(21)30-20-31-27-19-11-9-17-25(27)29(28(31)22(30)2,24-15-7-8-16-24)23-13-4-3-5-14-23/h3-6,9-14,17-19,24H,7-8,15-16,20H2,1-2H3/i20D. The molecule has 31 heavy (non-hydrogen) atoms. The predicted octanol–water partition coefficient (Wildman–Crippen LogP) is 7.00. The fourth-order valence-electron chi connectivity index (χ4n) is 6.43. The quantitative estimate of drug-likeness (QED) is 0.461. The number of rotatable bonds is 3. The number of aryl methyl sites for hydroxylation is 1. The first kappa shape index (κ1) is 17.7. The minimum atomic E-state index is -0.501. The summed E-state index contributed by atoms with van der Waals surface area (Å²) >= 11 is 0. The van der Waals surface area contributed by atoms with E-state index < -0.39 is 6.64 Å². The second-order valence-corrected chi connectivity index (χ2v) is 9.25. The summed E-state index contributed by atoms with van der Waals surface area (Å²) in [6, 6.07) is 28.5. The summed E-state index contributed by atoms with van der Waals surface area (Å²) < 4.78 is 9.43. The highest BCUT2D eigenvalue weighted by Gasteiger charge is 2.56. The lowest BCUT2D eigenvalue weighted by Gasteiger charge is -2.39. The monoisotopic (exact) mass is 407 g/mol. The maximum Gasteiger partial charge on any atom is 0.0995 e. The van der Waals surface area contributed by atoms with Crippen molar-refractivity contribution >= 4 is 11.4 Å². The number of hydrogen-bond donors (Lipinski definition) is 0. The Kier molecular flexibility index (Phi) is 4.00. The highest BCUT2D eigenvalue weighted by Crippen LogP contribution is 2.61. The van der Waals surface area contributed by atoms with Gasteiger partial charge in [0.25, 0.3) is 0 Å². The number of fused-ring (bicyclic) bond motifs is 3. The molecule has 3 aromatic rings. The Morgan fingerprint density at radius 2 is 1.42 bits per heavy atom. The maximum absolute atomic E-state index is 9.43. The van der Waals surface area contributed by atoms with Gasteiger partial charge < -0.3 is 9.80 Å². The molecule has 2 heteroatoms. The molecule has 1 saturated carbocycles. The zero-order chi connectivity index (χ0) is 21.9. The molecule has 0 N–H and O–H groups in total. The third kappa shape index (κ3) is 2.51. The van der Waals surface area contributed by atoms with Gasteiger partial charge in [-0.3, -0.25) is 0 Å². The van der Waals surface area contributed by atoms with Crippen LogP contribution in [0.3, 0.4) is 0 Å². The Morgan fingerprint density at radius 3 is 2.16 bits per heavy atom. The van der Waals surface area contributed by atoms with Crippen molar-refractivity contribution in [3.8, 4) is 0 Å². The molecule has 0 radical (unpaired) electrons. The zero-order valence-electron chi connectivity index (χ0n) is 19.4. The molecule has 0 bridgehead atoms. The summed E-state index contributed by atoms with van der Waals surface area (Å²) in [6.07, 6.45) is 5.06. The van der Waals surface area contributed by atoms with Gasteiger partial charge in [0.1, 0.15) is 0 Å². The van der Waals surface area contributed by atoms with Crippen LogP contribution in [0.1, 0.15) is 50.7 Å². The molecule has 0 amide bonds. The normalized spacial score (nSPS) is 25.7. The molecule has 2 heterocycles. The average Bonchev–Trinajstić information content (AvgIpc) is 3.51. The molecule has 0 aromatic heterocycles. The molecule has 0 spiro atoms. The van der Waals surface area contributed by atoms with Crippen molar-refractivity contribution in [1.29, 1.82) is 0 Å². The van der Waals surface area contributed by atoms with Crippen LogP contribution in [-0.2, 0) is 5.41 Å².